The molecule has 0 aliphatic carbocycles. The van der Waals surface area contributed by atoms with Crippen molar-refractivity contribution in [1.29, 1.82) is 0 Å². The van der Waals surface area contributed by atoms with Crippen LogP contribution < -0.4 is 16.6 Å². The first-order chi connectivity index (χ1) is 10.1. The van der Waals surface area contributed by atoms with Crippen LogP contribution in [-0.2, 0) is 16.1 Å². The average molecular weight is 294 g/mol. The SMILES string of the molecule is CCN1CCOC(CNC(=O)Cn2cc(N)ccc2=O)C1. The number of nitrogens with zero attached hydrogens (tertiary/aromatic N) is 2. The molecule has 21 heavy (non-hydrogen) atoms. The lowest BCUT2D eigenvalue weighted by molar-refractivity contribution is -0.122. The highest BCUT2D eigenvalue weighted by molar-refractivity contribution is 5.75. The molecule has 7 heteroatoms. The van der Waals surface area contributed by atoms with Gasteiger partial charge in [-0.2, -0.15) is 0 Å². The number of hydrogen-bond donors (Lipinski definition) is 2. The molecule has 1 aromatic heterocycles. The molecule has 1 saturated heterocycles. The normalized spacial score (nSPS) is 19.4. The Morgan fingerprint density at radius 3 is 3.10 bits per heavy atom. The van der Waals surface area contributed by atoms with Crippen LogP contribution in [0, 0.1) is 0 Å². The van der Waals surface area contributed by atoms with E-state index in [2.05, 4.69) is 17.1 Å². The van der Waals surface area contributed by atoms with Gasteiger partial charge in [-0.1, -0.05) is 6.92 Å². The Bertz CT molecular complexity index is 543. The Morgan fingerprint density at radius 1 is 1.52 bits per heavy atom. The first-order valence-corrected chi connectivity index (χ1v) is 7.15. The summed E-state index contributed by atoms with van der Waals surface area (Å²) >= 11 is 0. The predicted octanol–water partition coefficient (Wildman–Crippen LogP) is -0.733. The standard InChI is InChI=1S/C14H22N4O3/c1-2-17-5-6-21-12(9-17)7-16-13(19)10-18-8-11(15)3-4-14(18)20/h3-4,8,12H,2,5-7,9-10,15H2,1H3,(H,16,19). The van der Waals surface area contributed by atoms with Crippen LogP contribution in [0.3, 0.4) is 0 Å². The summed E-state index contributed by atoms with van der Waals surface area (Å²) < 4.78 is 6.90. The van der Waals surface area contributed by atoms with E-state index in [0.717, 1.165) is 19.6 Å². The summed E-state index contributed by atoms with van der Waals surface area (Å²) in [6, 6.07) is 2.87. The number of aromatic nitrogens is 1. The number of ether oxygens (including phenoxy) is 1. The van der Waals surface area contributed by atoms with Gasteiger partial charge in [0.2, 0.25) is 5.91 Å². The third-order valence-corrected chi connectivity index (χ3v) is 3.52. The monoisotopic (exact) mass is 294 g/mol. The van der Waals surface area contributed by atoms with E-state index in [4.69, 9.17) is 10.5 Å². The zero-order valence-corrected chi connectivity index (χ0v) is 12.2. The largest absolute Gasteiger partial charge is 0.398 e. The molecule has 7 nitrogen and oxygen atoms in total. The Morgan fingerprint density at radius 2 is 2.33 bits per heavy atom. The van der Waals surface area contributed by atoms with Crippen LogP contribution in [0.4, 0.5) is 5.69 Å². The number of nitrogen functional groups attached to an aromatic ring is 1. The molecule has 0 saturated carbocycles. The third kappa shape index (κ3) is 4.57. The molecule has 0 bridgehead atoms. The first-order valence-electron chi connectivity index (χ1n) is 7.15. The van der Waals surface area contributed by atoms with Crippen LogP contribution >= 0.6 is 0 Å². The minimum absolute atomic E-state index is 0.000199. The van der Waals surface area contributed by atoms with Crippen LogP contribution in [0.2, 0.25) is 0 Å². The fraction of sp³-hybridized carbons (Fsp3) is 0.571. The van der Waals surface area contributed by atoms with Crippen LogP contribution in [0.1, 0.15) is 6.92 Å². The fourth-order valence-corrected chi connectivity index (χ4v) is 2.30. The molecule has 3 N–H and O–H groups in total. The van der Waals surface area contributed by atoms with Crippen LogP contribution in [0.25, 0.3) is 0 Å². The van der Waals surface area contributed by atoms with Crippen LogP contribution in [-0.4, -0.2) is 54.3 Å². The molecule has 1 atom stereocenters. The van der Waals surface area contributed by atoms with E-state index in [1.54, 1.807) is 0 Å². The lowest BCUT2D eigenvalue weighted by Crippen LogP contribution is -2.47. The van der Waals surface area contributed by atoms with Gasteiger partial charge in [-0.25, -0.2) is 0 Å². The maximum Gasteiger partial charge on any atom is 0.251 e. The molecular formula is C14H22N4O3. The summed E-state index contributed by atoms with van der Waals surface area (Å²) in [4.78, 5) is 25.8. The van der Waals surface area contributed by atoms with E-state index in [1.807, 2.05) is 0 Å². The molecular weight excluding hydrogens is 272 g/mol. The third-order valence-electron chi connectivity index (χ3n) is 3.52. The van der Waals surface area contributed by atoms with Gasteiger partial charge in [-0.05, 0) is 12.6 Å². The van der Waals surface area contributed by atoms with E-state index in [1.165, 1.54) is 22.9 Å². The molecule has 2 rings (SSSR count). The van der Waals surface area contributed by atoms with E-state index >= 15 is 0 Å². The van der Waals surface area contributed by atoms with Gasteiger partial charge in [-0.3, -0.25) is 14.5 Å². The molecule has 0 radical (unpaired) electrons. The highest BCUT2D eigenvalue weighted by atomic mass is 16.5. The molecule has 1 aliphatic rings. The van der Waals surface area contributed by atoms with Crippen molar-refractivity contribution in [1.82, 2.24) is 14.8 Å². The molecule has 1 fully saturated rings. The number of anilines is 1. The molecule has 2 heterocycles. The average Bonchev–Trinajstić information content (AvgIpc) is 2.49. The zero-order valence-electron chi connectivity index (χ0n) is 12.2. The van der Waals surface area contributed by atoms with Gasteiger partial charge < -0.3 is 20.4 Å². The molecule has 0 spiro atoms. The Balaban J connectivity index is 1.82. The van der Waals surface area contributed by atoms with Gasteiger partial charge in [0.25, 0.3) is 5.56 Å². The summed E-state index contributed by atoms with van der Waals surface area (Å²) in [7, 11) is 0. The first kappa shape index (κ1) is 15.5. The lowest BCUT2D eigenvalue weighted by Gasteiger charge is -2.32. The second kappa shape index (κ2) is 7.24. The smallest absolute Gasteiger partial charge is 0.251 e. The highest BCUT2D eigenvalue weighted by Gasteiger charge is 2.19. The van der Waals surface area contributed by atoms with Crippen molar-refractivity contribution in [2.45, 2.75) is 19.6 Å². The minimum atomic E-state index is -0.245. The van der Waals surface area contributed by atoms with E-state index in [-0.39, 0.29) is 24.1 Å². The zero-order chi connectivity index (χ0) is 15.2. The maximum atomic E-state index is 11.9. The molecule has 116 valence electrons. The van der Waals surface area contributed by atoms with E-state index < -0.39 is 0 Å². The number of likely N-dealkylation sites (N-methyl/N-ethyl adjacent to an activating group) is 1. The molecule has 1 unspecified atom stereocenters. The number of carbonyl (C=O) groups excluding carboxylic acids is 1. The Hall–Kier alpha value is -1.86. The van der Waals surface area contributed by atoms with Gasteiger partial charge >= 0.3 is 0 Å². The van der Waals surface area contributed by atoms with Crippen molar-refractivity contribution < 1.29 is 9.53 Å². The van der Waals surface area contributed by atoms with Gasteiger partial charge in [0.05, 0.1) is 12.7 Å². The van der Waals surface area contributed by atoms with Gasteiger partial charge in [0.15, 0.2) is 0 Å². The highest BCUT2D eigenvalue weighted by Crippen LogP contribution is 2.03. The van der Waals surface area contributed by atoms with Crippen LogP contribution in [0.15, 0.2) is 23.1 Å². The van der Waals surface area contributed by atoms with E-state index in [0.29, 0.717) is 18.8 Å². The lowest BCUT2D eigenvalue weighted by atomic mass is 10.2. The van der Waals surface area contributed by atoms with Gasteiger partial charge in [-0.15, -0.1) is 0 Å². The number of rotatable bonds is 5. The number of morpholine rings is 1. The number of amides is 1. The summed E-state index contributed by atoms with van der Waals surface area (Å²) in [6.07, 6.45) is 1.47. The quantitative estimate of drug-likeness (QED) is 0.747. The van der Waals surface area contributed by atoms with E-state index in [9.17, 15) is 9.59 Å². The summed E-state index contributed by atoms with van der Waals surface area (Å²) in [5, 5.41) is 2.80. The second-order valence-corrected chi connectivity index (χ2v) is 5.12. The van der Waals surface area contributed by atoms with Crippen molar-refractivity contribution in [3.05, 3.63) is 28.7 Å². The second-order valence-electron chi connectivity index (χ2n) is 5.12. The molecule has 1 aromatic rings. The topological polar surface area (TPSA) is 89.6 Å². The Kier molecular flexibility index (Phi) is 5.35. The molecule has 1 amide bonds. The number of hydrogen-bond acceptors (Lipinski definition) is 5. The van der Waals surface area contributed by atoms with Crippen molar-refractivity contribution in [3.63, 3.8) is 0 Å². The summed E-state index contributed by atoms with van der Waals surface area (Å²) in [5.41, 5.74) is 5.82. The molecule has 1 aliphatic heterocycles. The van der Waals surface area contributed by atoms with Crippen molar-refractivity contribution in [2.75, 3.05) is 38.5 Å². The van der Waals surface area contributed by atoms with Gasteiger partial charge in [0.1, 0.15) is 6.54 Å². The summed E-state index contributed by atoms with van der Waals surface area (Å²) in [6.45, 7) is 5.93. The molecule has 0 aromatic carbocycles. The number of carbonyl (C=O) groups is 1. The van der Waals surface area contributed by atoms with Crippen molar-refractivity contribution >= 4 is 11.6 Å². The summed E-state index contributed by atoms with van der Waals surface area (Å²) in [5.74, 6) is -0.222. The minimum Gasteiger partial charge on any atom is -0.398 e. The predicted molar refractivity (Wildman–Crippen MR) is 80.0 cm³/mol. The number of nitrogens with one attached hydrogen (secondary N) is 1. The van der Waals surface area contributed by atoms with Crippen molar-refractivity contribution in [3.8, 4) is 0 Å². The van der Waals surface area contributed by atoms with Crippen molar-refractivity contribution in [2.24, 2.45) is 0 Å². The maximum absolute atomic E-state index is 11.9. The number of nitrogens with two attached hydrogens (primary N) is 1. The Labute approximate surface area is 123 Å². The number of pyridine rings is 1. The van der Waals surface area contributed by atoms with Gasteiger partial charge in [0, 0.05) is 37.6 Å². The van der Waals surface area contributed by atoms with Crippen LogP contribution in [0.5, 0.6) is 0 Å². The fourth-order valence-electron chi connectivity index (χ4n) is 2.30.